The van der Waals surface area contributed by atoms with E-state index >= 15 is 0 Å². The average molecular weight is 377 g/mol. The zero-order chi connectivity index (χ0) is 15.2. The van der Waals surface area contributed by atoms with Gasteiger partial charge in [0.25, 0.3) is 0 Å². The van der Waals surface area contributed by atoms with E-state index in [0.29, 0.717) is 0 Å². The van der Waals surface area contributed by atoms with Crippen molar-refractivity contribution < 1.29 is 0 Å². The minimum Gasteiger partial charge on any atom is -0.369 e. The number of aryl methyl sites for hydroxylation is 1. The number of nitrogens with one attached hydrogen (secondary N) is 2. The maximum atomic E-state index is 4.72. The fraction of sp³-hybridized carbons (Fsp3) is 0.750. The van der Waals surface area contributed by atoms with Crippen molar-refractivity contribution in [2.24, 2.45) is 0 Å². The fourth-order valence-electron chi connectivity index (χ4n) is 3.09. The number of rotatable bonds is 6. The minimum atomic E-state index is 0. The van der Waals surface area contributed by atoms with Crippen LogP contribution in [0.25, 0.3) is 0 Å². The van der Waals surface area contributed by atoms with Crippen LogP contribution in [0.1, 0.15) is 25.5 Å². The zero-order valence-corrected chi connectivity index (χ0v) is 16.1. The van der Waals surface area contributed by atoms with Gasteiger partial charge in [-0.05, 0) is 19.3 Å². The molecule has 2 fully saturated rings. The quantitative estimate of drug-likeness (QED) is 0.789. The van der Waals surface area contributed by atoms with Crippen molar-refractivity contribution >= 4 is 36.6 Å². The van der Waals surface area contributed by atoms with Gasteiger partial charge in [0.15, 0.2) is 0 Å². The van der Waals surface area contributed by atoms with Gasteiger partial charge >= 0.3 is 0 Å². The molecule has 1 aromatic rings. The van der Waals surface area contributed by atoms with Crippen molar-refractivity contribution in [1.29, 1.82) is 0 Å². The molecule has 0 aliphatic carbocycles. The van der Waals surface area contributed by atoms with E-state index in [4.69, 9.17) is 4.98 Å². The monoisotopic (exact) mass is 376 g/mol. The van der Waals surface area contributed by atoms with Crippen LogP contribution in [0.5, 0.6) is 0 Å². The van der Waals surface area contributed by atoms with Crippen LogP contribution in [0.15, 0.2) is 6.07 Å². The lowest BCUT2D eigenvalue weighted by atomic mass is 10.3. The standard InChI is InChI=1S/C16H28N6.2ClH/c1-2-14-13-15(18-7-12-21-10-5-17-6-11-21)20-16(19-14)22-8-3-4-9-22;;/h13,17H,2-12H2,1H3,(H,18,19,20);2*1H. The average Bonchev–Trinajstić information content (AvgIpc) is 3.10. The van der Waals surface area contributed by atoms with E-state index in [1.165, 1.54) is 12.8 Å². The molecule has 0 amide bonds. The Hall–Kier alpha value is -0.820. The van der Waals surface area contributed by atoms with Crippen LogP contribution in [-0.4, -0.2) is 67.2 Å². The fourth-order valence-corrected chi connectivity index (χ4v) is 3.09. The molecule has 2 aliphatic heterocycles. The molecule has 0 bridgehead atoms. The van der Waals surface area contributed by atoms with Gasteiger partial charge in [0.2, 0.25) is 5.95 Å². The Balaban J connectivity index is 0.00000144. The lowest BCUT2D eigenvalue weighted by Crippen LogP contribution is -2.45. The Kier molecular flexibility index (Phi) is 9.66. The molecule has 0 atom stereocenters. The summed E-state index contributed by atoms with van der Waals surface area (Å²) in [6.45, 7) is 10.8. The molecular formula is C16H30Cl2N6. The van der Waals surface area contributed by atoms with Gasteiger partial charge in [-0.25, -0.2) is 4.98 Å². The number of piperazine rings is 1. The van der Waals surface area contributed by atoms with Crippen molar-refractivity contribution in [2.75, 3.05) is 62.6 Å². The van der Waals surface area contributed by atoms with E-state index in [1.807, 2.05) is 0 Å². The lowest BCUT2D eigenvalue weighted by Gasteiger charge is -2.27. The number of hydrogen-bond acceptors (Lipinski definition) is 6. The molecule has 0 spiro atoms. The molecule has 6 nitrogen and oxygen atoms in total. The summed E-state index contributed by atoms with van der Waals surface area (Å²) in [4.78, 5) is 14.2. The van der Waals surface area contributed by atoms with E-state index in [-0.39, 0.29) is 24.8 Å². The number of anilines is 2. The van der Waals surface area contributed by atoms with Crippen LogP contribution in [0.3, 0.4) is 0 Å². The second kappa shape index (κ2) is 10.9. The van der Waals surface area contributed by atoms with Crippen molar-refractivity contribution in [2.45, 2.75) is 26.2 Å². The summed E-state index contributed by atoms with van der Waals surface area (Å²) in [5.74, 6) is 1.88. The van der Waals surface area contributed by atoms with Gasteiger partial charge in [0, 0.05) is 64.1 Å². The molecule has 2 aliphatic rings. The Morgan fingerprint density at radius 3 is 2.46 bits per heavy atom. The highest BCUT2D eigenvalue weighted by Crippen LogP contribution is 2.19. The second-order valence-electron chi connectivity index (χ2n) is 6.11. The van der Waals surface area contributed by atoms with Gasteiger partial charge in [-0.2, -0.15) is 4.98 Å². The van der Waals surface area contributed by atoms with Gasteiger partial charge in [-0.1, -0.05) is 6.92 Å². The highest BCUT2D eigenvalue weighted by Gasteiger charge is 2.16. The first-order valence-corrected chi connectivity index (χ1v) is 8.65. The predicted molar refractivity (Wildman–Crippen MR) is 105 cm³/mol. The second-order valence-corrected chi connectivity index (χ2v) is 6.11. The van der Waals surface area contributed by atoms with Crippen molar-refractivity contribution in [3.8, 4) is 0 Å². The van der Waals surface area contributed by atoms with Gasteiger partial charge in [0.1, 0.15) is 5.82 Å². The molecule has 0 aromatic carbocycles. The third-order valence-corrected chi connectivity index (χ3v) is 4.46. The van der Waals surface area contributed by atoms with E-state index < -0.39 is 0 Å². The summed E-state index contributed by atoms with van der Waals surface area (Å²) in [7, 11) is 0. The Labute approximate surface area is 157 Å². The number of nitrogens with zero attached hydrogens (tertiary/aromatic N) is 4. The van der Waals surface area contributed by atoms with Gasteiger partial charge in [-0.3, -0.25) is 4.90 Å². The van der Waals surface area contributed by atoms with Crippen LogP contribution in [0, 0.1) is 0 Å². The van der Waals surface area contributed by atoms with Crippen molar-refractivity contribution in [1.82, 2.24) is 20.2 Å². The molecule has 3 rings (SSSR count). The molecule has 1 aromatic heterocycles. The largest absolute Gasteiger partial charge is 0.369 e. The molecule has 2 N–H and O–H groups in total. The topological polar surface area (TPSA) is 56.3 Å². The van der Waals surface area contributed by atoms with Crippen molar-refractivity contribution in [3.05, 3.63) is 11.8 Å². The molecule has 24 heavy (non-hydrogen) atoms. The van der Waals surface area contributed by atoms with Gasteiger partial charge < -0.3 is 15.5 Å². The number of halogens is 2. The molecule has 0 radical (unpaired) electrons. The van der Waals surface area contributed by atoms with E-state index in [1.54, 1.807) is 0 Å². The Bertz CT molecular complexity index is 476. The first-order chi connectivity index (χ1) is 10.8. The summed E-state index contributed by atoms with van der Waals surface area (Å²) in [5, 5.41) is 6.88. The highest BCUT2D eigenvalue weighted by molar-refractivity contribution is 5.85. The molecule has 8 heteroatoms. The minimum absolute atomic E-state index is 0. The molecule has 138 valence electrons. The summed E-state index contributed by atoms with van der Waals surface area (Å²) in [5.41, 5.74) is 1.13. The van der Waals surface area contributed by atoms with Gasteiger partial charge in [0.05, 0.1) is 0 Å². The number of hydrogen-bond donors (Lipinski definition) is 2. The molecular weight excluding hydrogens is 347 g/mol. The Morgan fingerprint density at radius 1 is 1.08 bits per heavy atom. The zero-order valence-electron chi connectivity index (χ0n) is 14.5. The SMILES string of the molecule is CCc1cc(NCCN2CCNCC2)nc(N2CCCC2)n1.Cl.Cl. The first-order valence-electron chi connectivity index (χ1n) is 8.65. The summed E-state index contributed by atoms with van der Waals surface area (Å²) >= 11 is 0. The Morgan fingerprint density at radius 2 is 1.79 bits per heavy atom. The third kappa shape index (κ3) is 5.92. The summed E-state index contributed by atoms with van der Waals surface area (Å²) in [6, 6.07) is 2.09. The lowest BCUT2D eigenvalue weighted by molar-refractivity contribution is 0.249. The molecule has 0 unspecified atom stereocenters. The predicted octanol–water partition coefficient (Wildman–Crippen LogP) is 1.80. The van der Waals surface area contributed by atoms with Crippen LogP contribution in [0.4, 0.5) is 11.8 Å². The highest BCUT2D eigenvalue weighted by atomic mass is 35.5. The molecule has 3 heterocycles. The van der Waals surface area contributed by atoms with Crippen molar-refractivity contribution in [3.63, 3.8) is 0 Å². The molecule has 2 saturated heterocycles. The van der Waals surface area contributed by atoms with Crippen LogP contribution >= 0.6 is 24.8 Å². The van der Waals surface area contributed by atoms with Crippen LogP contribution in [-0.2, 0) is 6.42 Å². The van der Waals surface area contributed by atoms with Crippen LogP contribution in [0.2, 0.25) is 0 Å². The maximum absolute atomic E-state index is 4.72. The van der Waals surface area contributed by atoms with E-state index in [0.717, 1.165) is 76.2 Å². The smallest absolute Gasteiger partial charge is 0.227 e. The summed E-state index contributed by atoms with van der Waals surface area (Å²) in [6.07, 6.45) is 3.47. The van der Waals surface area contributed by atoms with E-state index in [2.05, 4.69) is 38.4 Å². The third-order valence-electron chi connectivity index (χ3n) is 4.46. The van der Waals surface area contributed by atoms with E-state index in [9.17, 15) is 0 Å². The molecule has 0 saturated carbocycles. The first kappa shape index (κ1) is 21.2. The number of aromatic nitrogens is 2. The van der Waals surface area contributed by atoms with Crippen LogP contribution < -0.4 is 15.5 Å². The van der Waals surface area contributed by atoms with Gasteiger partial charge in [-0.15, -0.1) is 24.8 Å². The maximum Gasteiger partial charge on any atom is 0.227 e. The summed E-state index contributed by atoms with van der Waals surface area (Å²) < 4.78 is 0. The normalized spacial score (nSPS) is 18.0.